The van der Waals surface area contributed by atoms with E-state index < -0.39 is 10.8 Å². The van der Waals surface area contributed by atoms with Gasteiger partial charge in [0.15, 0.2) is 0 Å². The molecule has 1 amide bonds. The van der Waals surface area contributed by atoms with Crippen LogP contribution in [0.1, 0.15) is 0 Å². The number of rotatable bonds is 3. The van der Waals surface area contributed by atoms with Gasteiger partial charge in [0.25, 0.3) is 0 Å². The molecule has 0 N–H and O–H groups in total. The maximum Gasteiger partial charge on any atom is 0.235 e. The number of carbonyl (C=O) groups excluding carboxylic acids is 1. The summed E-state index contributed by atoms with van der Waals surface area (Å²) in [6, 6.07) is 5.44. The average molecular weight is 284 g/mol. The lowest BCUT2D eigenvalue weighted by Crippen LogP contribution is -2.48. The van der Waals surface area contributed by atoms with E-state index in [0.29, 0.717) is 18.0 Å². The number of hydrogen-bond donors (Lipinski definition) is 0. The number of carbonyl (C=O) groups is 1. The van der Waals surface area contributed by atoms with Gasteiger partial charge < -0.3 is 9.80 Å². The largest absolute Gasteiger partial charge is 0.339 e. The van der Waals surface area contributed by atoms with E-state index in [9.17, 15) is 13.4 Å². The van der Waals surface area contributed by atoms with Gasteiger partial charge in [0.1, 0.15) is 11.6 Å². The van der Waals surface area contributed by atoms with Crippen LogP contribution in [0.15, 0.2) is 29.2 Å². The Labute approximate surface area is 114 Å². The molecule has 1 heterocycles. The van der Waals surface area contributed by atoms with Crippen LogP contribution in [0, 0.1) is 5.82 Å². The normalized spacial score (nSPS) is 18.3. The maximum atomic E-state index is 12.8. The Morgan fingerprint density at radius 3 is 2.37 bits per heavy atom. The summed E-state index contributed by atoms with van der Waals surface area (Å²) in [6.07, 6.45) is 0. The third-order valence-corrected chi connectivity index (χ3v) is 4.49. The average Bonchev–Trinajstić information content (AvgIpc) is 2.40. The first kappa shape index (κ1) is 14.1. The first-order valence-electron chi connectivity index (χ1n) is 6.16. The molecule has 104 valence electrons. The van der Waals surface area contributed by atoms with E-state index in [1.54, 1.807) is 4.90 Å². The zero-order valence-electron chi connectivity index (χ0n) is 10.8. The quantitative estimate of drug-likeness (QED) is 0.821. The minimum Gasteiger partial charge on any atom is -0.339 e. The van der Waals surface area contributed by atoms with Gasteiger partial charge in [-0.15, -0.1) is 0 Å². The molecule has 2 rings (SSSR count). The van der Waals surface area contributed by atoms with Crippen LogP contribution in [-0.4, -0.2) is 58.9 Å². The Bertz CT molecular complexity index is 470. The van der Waals surface area contributed by atoms with Gasteiger partial charge in [-0.3, -0.25) is 9.00 Å². The molecule has 0 spiro atoms. The zero-order valence-corrected chi connectivity index (χ0v) is 11.7. The van der Waals surface area contributed by atoms with Crippen molar-refractivity contribution in [2.45, 2.75) is 4.90 Å². The summed E-state index contributed by atoms with van der Waals surface area (Å²) >= 11 is 0. The van der Waals surface area contributed by atoms with Crippen LogP contribution in [0.4, 0.5) is 4.39 Å². The van der Waals surface area contributed by atoms with Crippen molar-refractivity contribution in [3.8, 4) is 0 Å². The molecule has 1 aromatic rings. The van der Waals surface area contributed by atoms with Gasteiger partial charge in [-0.1, -0.05) is 0 Å². The summed E-state index contributed by atoms with van der Waals surface area (Å²) in [7, 11) is 0.609. The topological polar surface area (TPSA) is 40.6 Å². The predicted octanol–water partition coefficient (Wildman–Crippen LogP) is 0.707. The smallest absolute Gasteiger partial charge is 0.235 e. The van der Waals surface area contributed by atoms with Crippen molar-refractivity contribution >= 4 is 16.7 Å². The maximum absolute atomic E-state index is 12.8. The minimum absolute atomic E-state index is 0.0324. The lowest BCUT2D eigenvalue weighted by molar-refractivity contribution is -0.129. The zero-order chi connectivity index (χ0) is 13.8. The van der Waals surface area contributed by atoms with Crippen molar-refractivity contribution in [1.29, 1.82) is 0 Å². The highest BCUT2D eigenvalue weighted by atomic mass is 32.2. The van der Waals surface area contributed by atoms with Crippen LogP contribution in [0.5, 0.6) is 0 Å². The summed E-state index contributed by atoms with van der Waals surface area (Å²) < 4.78 is 24.8. The van der Waals surface area contributed by atoms with E-state index in [4.69, 9.17) is 0 Å². The number of benzene rings is 1. The summed E-state index contributed by atoms with van der Waals surface area (Å²) in [5.74, 6) is -0.503. The van der Waals surface area contributed by atoms with E-state index in [1.807, 2.05) is 7.05 Å². The van der Waals surface area contributed by atoms with Crippen LogP contribution >= 0.6 is 0 Å². The molecule has 1 fully saturated rings. The molecule has 0 bridgehead atoms. The molecule has 0 saturated carbocycles. The number of piperazine rings is 1. The highest BCUT2D eigenvalue weighted by Gasteiger charge is 2.21. The standard InChI is InChI=1S/C13H17FN2O2S/c1-15-6-8-16(9-7-15)13(17)10-19(18)12-4-2-11(14)3-5-12/h2-5H,6-10H2,1H3. The first-order chi connectivity index (χ1) is 9.06. The summed E-state index contributed by atoms with van der Waals surface area (Å²) in [5.41, 5.74) is 0. The lowest BCUT2D eigenvalue weighted by atomic mass is 10.3. The van der Waals surface area contributed by atoms with Crippen molar-refractivity contribution in [2.24, 2.45) is 0 Å². The lowest BCUT2D eigenvalue weighted by Gasteiger charge is -2.32. The van der Waals surface area contributed by atoms with Gasteiger partial charge in [-0.2, -0.15) is 0 Å². The van der Waals surface area contributed by atoms with Crippen molar-refractivity contribution < 1.29 is 13.4 Å². The van der Waals surface area contributed by atoms with Crippen LogP contribution in [0.3, 0.4) is 0 Å². The molecule has 1 aromatic carbocycles. The van der Waals surface area contributed by atoms with Crippen LogP contribution < -0.4 is 0 Å². The Hall–Kier alpha value is -1.27. The Balaban J connectivity index is 1.91. The highest BCUT2D eigenvalue weighted by molar-refractivity contribution is 7.85. The third kappa shape index (κ3) is 3.84. The second-order valence-electron chi connectivity index (χ2n) is 4.63. The SMILES string of the molecule is CN1CCN(C(=O)CS(=O)c2ccc(F)cc2)CC1. The predicted molar refractivity (Wildman–Crippen MR) is 71.8 cm³/mol. The second kappa shape index (κ2) is 6.25. The van der Waals surface area contributed by atoms with E-state index >= 15 is 0 Å². The van der Waals surface area contributed by atoms with Gasteiger partial charge in [-0.05, 0) is 31.3 Å². The minimum atomic E-state index is -1.40. The molecule has 1 saturated heterocycles. The molecular weight excluding hydrogens is 267 g/mol. The third-order valence-electron chi connectivity index (χ3n) is 3.19. The fourth-order valence-corrected chi connectivity index (χ4v) is 2.94. The van der Waals surface area contributed by atoms with Crippen molar-refractivity contribution in [1.82, 2.24) is 9.80 Å². The molecule has 6 heteroatoms. The molecular formula is C13H17FN2O2S. The molecule has 0 aromatic heterocycles. The summed E-state index contributed by atoms with van der Waals surface area (Å²) in [4.78, 5) is 16.4. The molecule has 1 atom stereocenters. The molecule has 0 radical (unpaired) electrons. The highest BCUT2D eigenvalue weighted by Crippen LogP contribution is 2.09. The molecule has 4 nitrogen and oxygen atoms in total. The first-order valence-corrected chi connectivity index (χ1v) is 7.48. The summed E-state index contributed by atoms with van der Waals surface area (Å²) in [5, 5.41) is 0. The van der Waals surface area contributed by atoms with Gasteiger partial charge in [-0.25, -0.2) is 4.39 Å². The number of nitrogens with zero attached hydrogens (tertiary/aromatic N) is 2. The second-order valence-corrected chi connectivity index (χ2v) is 6.08. The van der Waals surface area contributed by atoms with E-state index in [-0.39, 0.29) is 17.5 Å². The van der Waals surface area contributed by atoms with Crippen LogP contribution in [0.25, 0.3) is 0 Å². The van der Waals surface area contributed by atoms with Gasteiger partial charge in [0.05, 0.1) is 10.8 Å². The summed E-state index contributed by atoms with van der Waals surface area (Å²) in [6.45, 7) is 3.04. The Morgan fingerprint density at radius 2 is 1.79 bits per heavy atom. The fourth-order valence-electron chi connectivity index (χ4n) is 1.93. The van der Waals surface area contributed by atoms with E-state index in [2.05, 4.69) is 4.90 Å². The number of amides is 1. The number of hydrogen-bond acceptors (Lipinski definition) is 3. The molecule has 1 aliphatic heterocycles. The van der Waals surface area contributed by atoms with Crippen molar-refractivity contribution in [3.63, 3.8) is 0 Å². The van der Waals surface area contributed by atoms with Crippen LogP contribution in [0.2, 0.25) is 0 Å². The molecule has 1 aliphatic rings. The Morgan fingerprint density at radius 1 is 1.21 bits per heavy atom. The van der Waals surface area contributed by atoms with E-state index in [0.717, 1.165) is 13.1 Å². The Kier molecular flexibility index (Phi) is 4.66. The molecule has 0 aliphatic carbocycles. The molecule has 19 heavy (non-hydrogen) atoms. The van der Waals surface area contributed by atoms with Gasteiger partial charge in [0.2, 0.25) is 5.91 Å². The number of halogens is 1. The monoisotopic (exact) mass is 284 g/mol. The van der Waals surface area contributed by atoms with E-state index in [1.165, 1.54) is 24.3 Å². The van der Waals surface area contributed by atoms with Crippen molar-refractivity contribution in [2.75, 3.05) is 39.0 Å². The number of likely N-dealkylation sites (N-methyl/N-ethyl adjacent to an activating group) is 1. The van der Waals surface area contributed by atoms with Gasteiger partial charge in [0, 0.05) is 31.1 Å². The van der Waals surface area contributed by atoms with Crippen LogP contribution in [-0.2, 0) is 15.6 Å². The fraction of sp³-hybridized carbons (Fsp3) is 0.462. The molecule has 1 unspecified atom stereocenters. The van der Waals surface area contributed by atoms with Crippen molar-refractivity contribution in [3.05, 3.63) is 30.1 Å². The van der Waals surface area contributed by atoms with Gasteiger partial charge >= 0.3 is 0 Å².